The van der Waals surface area contributed by atoms with Gasteiger partial charge in [0.15, 0.2) is 12.1 Å². The maximum atomic E-state index is 10.4. The Labute approximate surface area is 136 Å². The molecule has 2 fully saturated rings. The Hall–Kier alpha value is -1.02. The van der Waals surface area contributed by atoms with Crippen LogP contribution >= 0.6 is 0 Å². The molecule has 2 heterocycles. The van der Waals surface area contributed by atoms with Gasteiger partial charge in [0, 0.05) is 7.11 Å². The largest absolute Gasteiger partial charge is 0.388 e. The predicted molar refractivity (Wildman–Crippen MR) is 81.6 cm³/mol. The molecule has 1 aromatic rings. The minimum Gasteiger partial charge on any atom is -0.388 e. The number of ether oxygens (including phenoxy) is 5. The number of fused-ring (bicyclic) bond motifs is 1. The second-order valence-electron chi connectivity index (χ2n) is 6.34. The van der Waals surface area contributed by atoms with Gasteiger partial charge in [-0.1, -0.05) is 30.3 Å². The van der Waals surface area contributed by atoms with Crippen molar-refractivity contribution in [1.29, 1.82) is 0 Å². The first-order chi connectivity index (χ1) is 11.0. The van der Waals surface area contributed by atoms with Crippen LogP contribution < -0.4 is 0 Å². The Balaban J connectivity index is 1.55. The summed E-state index contributed by atoms with van der Waals surface area (Å²) in [6.07, 6.45) is -2.61. The van der Waals surface area contributed by atoms with Crippen LogP contribution in [-0.4, -0.2) is 55.3 Å². The van der Waals surface area contributed by atoms with Crippen molar-refractivity contribution in [2.75, 3.05) is 13.7 Å². The topological polar surface area (TPSA) is 66.4 Å². The molecule has 1 aromatic carbocycles. The van der Waals surface area contributed by atoms with Crippen molar-refractivity contribution in [1.82, 2.24) is 0 Å². The zero-order valence-electron chi connectivity index (χ0n) is 13.7. The molecule has 2 aliphatic heterocycles. The number of hydrogen-bond acceptors (Lipinski definition) is 6. The summed E-state index contributed by atoms with van der Waals surface area (Å²) in [6.45, 7) is 4.28. The molecule has 1 N–H and O–H groups in total. The van der Waals surface area contributed by atoms with Gasteiger partial charge < -0.3 is 28.8 Å². The van der Waals surface area contributed by atoms with E-state index in [-0.39, 0.29) is 18.8 Å². The molecular weight excluding hydrogens is 300 g/mol. The van der Waals surface area contributed by atoms with E-state index in [1.807, 2.05) is 44.2 Å². The van der Waals surface area contributed by atoms with Crippen molar-refractivity contribution >= 4 is 0 Å². The maximum Gasteiger partial charge on any atom is 0.186 e. The first-order valence-corrected chi connectivity index (χ1v) is 7.84. The van der Waals surface area contributed by atoms with Gasteiger partial charge in [-0.2, -0.15) is 0 Å². The third-order valence-corrected chi connectivity index (χ3v) is 4.06. The zero-order valence-corrected chi connectivity index (χ0v) is 13.7. The van der Waals surface area contributed by atoms with Gasteiger partial charge in [0.2, 0.25) is 0 Å². The highest BCUT2D eigenvalue weighted by Gasteiger charge is 2.57. The van der Waals surface area contributed by atoms with Crippen molar-refractivity contribution in [3.63, 3.8) is 0 Å². The summed E-state index contributed by atoms with van der Waals surface area (Å²) in [7, 11) is 1.55. The van der Waals surface area contributed by atoms with Crippen molar-refractivity contribution in [2.24, 2.45) is 0 Å². The highest BCUT2D eigenvalue weighted by molar-refractivity contribution is 5.13. The van der Waals surface area contributed by atoms with Crippen molar-refractivity contribution in [3.05, 3.63) is 35.9 Å². The maximum absolute atomic E-state index is 10.4. The van der Waals surface area contributed by atoms with E-state index in [2.05, 4.69) is 0 Å². The van der Waals surface area contributed by atoms with Crippen molar-refractivity contribution in [2.45, 2.75) is 56.9 Å². The van der Waals surface area contributed by atoms with Crippen LogP contribution in [0.25, 0.3) is 0 Å². The molecule has 3 rings (SSSR count). The monoisotopic (exact) mass is 324 g/mol. The summed E-state index contributed by atoms with van der Waals surface area (Å²) in [6, 6.07) is 9.82. The molecule has 2 aliphatic rings. The van der Waals surface area contributed by atoms with E-state index >= 15 is 0 Å². The second-order valence-corrected chi connectivity index (χ2v) is 6.34. The number of hydrogen-bond donors (Lipinski definition) is 1. The highest BCUT2D eigenvalue weighted by Crippen LogP contribution is 2.39. The number of aliphatic hydroxyl groups excluding tert-OH is 1. The third kappa shape index (κ3) is 3.74. The molecule has 0 unspecified atom stereocenters. The molecule has 0 aromatic heterocycles. The van der Waals surface area contributed by atoms with Crippen LogP contribution in [0.15, 0.2) is 30.3 Å². The van der Waals surface area contributed by atoms with Gasteiger partial charge in [0.05, 0.1) is 13.2 Å². The van der Waals surface area contributed by atoms with E-state index in [0.717, 1.165) is 5.56 Å². The highest BCUT2D eigenvalue weighted by atomic mass is 16.8. The number of rotatable bonds is 6. The van der Waals surface area contributed by atoms with Gasteiger partial charge >= 0.3 is 0 Å². The molecule has 0 radical (unpaired) electrons. The fraction of sp³-hybridized carbons (Fsp3) is 0.647. The smallest absolute Gasteiger partial charge is 0.186 e. The summed E-state index contributed by atoms with van der Waals surface area (Å²) in [5.74, 6) is -0.710. The average Bonchev–Trinajstić information content (AvgIpc) is 3.01. The van der Waals surface area contributed by atoms with Crippen molar-refractivity contribution in [3.8, 4) is 0 Å². The van der Waals surface area contributed by atoms with Gasteiger partial charge in [0.25, 0.3) is 0 Å². The van der Waals surface area contributed by atoms with E-state index in [0.29, 0.717) is 6.61 Å². The summed E-state index contributed by atoms with van der Waals surface area (Å²) in [4.78, 5) is 0. The van der Waals surface area contributed by atoms with Crippen LogP contribution in [0.5, 0.6) is 0 Å². The lowest BCUT2D eigenvalue weighted by Crippen LogP contribution is -2.41. The quantitative estimate of drug-likeness (QED) is 0.854. The third-order valence-electron chi connectivity index (χ3n) is 4.06. The normalized spacial score (nSPS) is 33.6. The SMILES string of the molecule is CO[C@@H]1O[C@H]([C@@H](O)COCc2ccccc2)[C@H]2OC(C)(C)O[C@@H]12. The number of methoxy groups -OCH3 is 1. The van der Waals surface area contributed by atoms with Crippen LogP contribution in [0.2, 0.25) is 0 Å². The van der Waals surface area contributed by atoms with Crippen molar-refractivity contribution < 1.29 is 28.8 Å². The second kappa shape index (κ2) is 6.84. The standard InChI is InChI=1S/C17H24O6/c1-17(2)22-14-13(21-16(19-3)15(14)23-17)12(18)10-20-9-11-7-5-4-6-8-11/h4-8,12-16,18H,9-10H2,1-3H3/t12-,13+,14+,15+,16+/m0/s1. The van der Waals surface area contributed by atoms with E-state index in [9.17, 15) is 5.11 Å². The molecule has 0 bridgehead atoms. The summed E-state index contributed by atoms with van der Waals surface area (Å²) >= 11 is 0. The Morgan fingerprint density at radius 2 is 1.87 bits per heavy atom. The number of aliphatic hydroxyl groups is 1. The van der Waals surface area contributed by atoms with Gasteiger partial charge in [0.1, 0.15) is 24.4 Å². The van der Waals surface area contributed by atoms with Crippen LogP contribution in [0.4, 0.5) is 0 Å². The number of benzene rings is 1. The summed E-state index contributed by atoms with van der Waals surface area (Å²) < 4.78 is 28.3. The van der Waals surface area contributed by atoms with E-state index in [1.165, 1.54) is 0 Å². The van der Waals surface area contributed by atoms with E-state index < -0.39 is 24.3 Å². The molecular formula is C17H24O6. The molecule has 0 saturated carbocycles. The minimum absolute atomic E-state index is 0.156. The Morgan fingerprint density at radius 3 is 2.57 bits per heavy atom. The van der Waals surface area contributed by atoms with Crippen LogP contribution in [0.3, 0.4) is 0 Å². The van der Waals surface area contributed by atoms with Gasteiger partial charge in [-0.15, -0.1) is 0 Å². The molecule has 23 heavy (non-hydrogen) atoms. The molecule has 0 aliphatic carbocycles. The lowest BCUT2D eigenvalue weighted by molar-refractivity contribution is -0.239. The van der Waals surface area contributed by atoms with E-state index in [4.69, 9.17) is 23.7 Å². The zero-order chi connectivity index (χ0) is 16.4. The summed E-state index contributed by atoms with van der Waals surface area (Å²) in [5, 5.41) is 10.4. The summed E-state index contributed by atoms with van der Waals surface area (Å²) in [5.41, 5.74) is 1.06. The molecule has 0 amide bonds. The Bertz CT molecular complexity index is 505. The van der Waals surface area contributed by atoms with Gasteiger partial charge in [-0.3, -0.25) is 0 Å². The van der Waals surface area contributed by atoms with Gasteiger partial charge in [-0.05, 0) is 19.4 Å². The minimum atomic E-state index is -0.816. The first kappa shape index (κ1) is 16.8. The Morgan fingerprint density at radius 1 is 1.17 bits per heavy atom. The molecule has 0 spiro atoms. The fourth-order valence-corrected chi connectivity index (χ4v) is 3.06. The van der Waals surface area contributed by atoms with E-state index in [1.54, 1.807) is 7.11 Å². The molecule has 2 saturated heterocycles. The van der Waals surface area contributed by atoms with Crippen LogP contribution in [0.1, 0.15) is 19.4 Å². The lowest BCUT2D eigenvalue weighted by atomic mass is 10.1. The average molecular weight is 324 g/mol. The molecule has 6 heteroatoms. The predicted octanol–water partition coefficient (Wildman–Crippen LogP) is 1.46. The fourth-order valence-electron chi connectivity index (χ4n) is 3.06. The van der Waals surface area contributed by atoms with Gasteiger partial charge in [-0.25, -0.2) is 0 Å². The first-order valence-electron chi connectivity index (χ1n) is 7.84. The molecule has 128 valence electrons. The lowest BCUT2D eigenvalue weighted by Gasteiger charge is -2.26. The van der Waals surface area contributed by atoms with Crippen LogP contribution in [-0.2, 0) is 30.3 Å². The van der Waals surface area contributed by atoms with Crippen LogP contribution in [0, 0.1) is 0 Å². The molecule has 5 atom stereocenters. The molecule has 6 nitrogen and oxygen atoms in total. The Kier molecular flexibility index (Phi) is 5.01.